The molecule has 4 N–H and O–H groups in total. The van der Waals surface area contributed by atoms with Crippen LogP contribution in [0.15, 0.2) is 0 Å². The van der Waals surface area contributed by atoms with Crippen molar-refractivity contribution in [2.24, 2.45) is 0 Å². The smallest absolute Gasteiger partial charge is 0.176 e. The highest BCUT2D eigenvalue weighted by molar-refractivity contribution is 5.40. The van der Waals surface area contributed by atoms with Gasteiger partial charge in [-0.05, 0) is 0 Å². The van der Waals surface area contributed by atoms with Crippen LogP contribution in [0.5, 0.6) is 0 Å². The SMILES string of the molecule is Nc1nc(N)c(F)[c]c1F. The van der Waals surface area contributed by atoms with Gasteiger partial charge in [0.2, 0.25) is 0 Å². The highest BCUT2D eigenvalue weighted by atomic mass is 19.1. The van der Waals surface area contributed by atoms with Crippen LogP contribution in [0.3, 0.4) is 0 Å². The van der Waals surface area contributed by atoms with Gasteiger partial charge in [0, 0.05) is 0 Å². The Labute approximate surface area is 55.7 Å². The number of rotatable bonds is 0. The van der Waals surface area contributed by atoms with E-state index in [1.165, 1.54) is 0 Å². The third kappa shape index (κ3) is 0.975. The van der Waals surface area contributed by atoms with Crippen LogP contribution in [0.2, 0.25) is 0 Å². The van der Waals surface area contributed by atoms with E-state index >= 15 is 0 Å². The van der Waals surface area contributed by atoms with Crippen molar-refractivity contribution < 1.29 is 8.78 Å². The number of nitrogens with two attached hydrogens (primary N) is 2. The van der Waals surface area contributed by atoms with Crippen LogP contribution in [0.25, 0.3) is 0 Å². The molecule has 1 aromatic rings. The molecule has 0 unspecified atom stereocenters. The Bertz CT molecular complexity index is 211. The van der Waals surface area contributed by atoms with Crippen molar-refractivity contribution in [1.29, 1.82) is 0 Å². The maximum atomic E-state index is 12.2. The Hall–Kier alpha value is -1.39. The summed E-state index contributed by atoms with van der Waals surface area (Å²) in [6.07, 6.45) is 0. The Kier molecular flexibility index (Phi) is 1.41. The van der Waals surface area contributed by atoms with E-state index < -0.39 is 23.3 Å². The second kappa shape index (κ2) is 2.09. The minimum atomic E-state index is -1.02. The maximum absolute atomic E-state index is 12.2. The molecule has 0 aliphatic carbocycles. The van der Waals surface area contributed by atoms with Gasteiger partial charge in [0.05, 0.1) is 6.07 Å². The monoisotopic (exact) mass is 144 g/mol. The molecule has 53 valence electrons. The van der Waals surface area contributed by atoms with Crippen LogP contribution in [0.1, 0.15) is 0 Å². The molecular weight excluding hydrogens is 140 g/mol. The number of aromatic nitrogens is 1. The average molecular weight is 144 g/mol. The summed E-state index contributed by atoms with van der Waals surface area (Å²) in [7, 11) is 0. The van der Waals surface area contributed by atoms with Gasteiger partial charge in [-0.3, -0.25) is 0 Å². The predicted molar refractivity (Wildman–Crippen MR) is 31.8 cm³/mol. The summed E-state index contributed by atoms with van der Waals surface area (Å²) >= 11 is 0. The minimum Gasteiger partial charge on any atom is -0.381 e. The average Bonchev–Trinajstić information content (AvgIpc) is 1.84. The third-order valence-electron chi connectivity index (χ3n) is 0.910. The molecule has 3 nitrogen and oxygen atoms in total. The van der Waals surface area contributed by atoms with Gasteiger partial charge in [-0.1, -0.05) is 0 Å². The van der Waals surface area contributed by atoms with Gasteiger partial charge in [0.15, 0.2) is 23.3 Å². The molecule has 0 atom stereocenters. The molecule has 0 aromatic carbocycles. The van der Waals surface area contributed by atoms with Gasteiger partial charge in [-0.2, -0.15) is 0 Å². The van der Waals surface area contributed by atoms with Crippen LogP contribution in [-0.4, -0.2) is 4.98 Å². The normalized spacial score (nSPS) is 9.80. The van der Waals surface area contributed by atoms with E-state index in [9.17, 15) is 8.78 Å². The summed E-state index contributed by atoms with van der Waals surface area (Å²) in [5, 5.41) is 0. The zero-order valence-electron chi connectivity index (χ0n) is 4.86. The van der Waals surface area contributed by atoms with Gasteiger partial charge in [0.25, 0.3) is 0 Å². The summed E-state index contributed by atoms with van der Waals surface area (Å²) in [6, 6.07) is 1.66. The fourth-order valence-electron chi connectivity index (χ4n) is 0.452. The standard InChI is InChI=1S/C5H4F2N3/c6-2-1-3(7)5(9)10-4(2)8/h(H4,8,9,10). The third-order valence-corrected chi connectivity index (χ3v) is 0.910. The predicted octanol–water partition coefficient (Wildman–Crippen LogP) is 0.324. The number of pyridine rings is 1. The molecule has 0 amide bonds. The van der Waals surface area contributed by atoms with E-state index in [-0.39, 0.29) is 0 Å². The zero-order chi connectivity index (χ0) is 7.72. The first kappa shape index (κ1) is 6.73. The van der Waals surface area contributed by atoms with Crippen molar-refractivity contribution in [2.45, 2.75) is 0 Å². The minimum absolute atomic E-state index is 0.445. The number of halogens is 2. The molecule has 0 bridgehead atoms. The molecule has 10 heavy (non-hydrogen) atoms. The second-order valence-electron chi connectivity index (χ2n) is 1.64. The first-order chi connectivity index (χ1) is 4.61. The topological polar surface area (TPSA) is 64.9 Å². The van der Waals surface area contributed by atoms with Gasteiger partial charge in [-0.25, -0.2) is 13.8 Å². The molecule has 0 saturated carbocycles. The lowest BCUT2D eigenvalue weighted by Gasteiger charge is -1.96. The Balaban J connectivity index is 3.28. The summed E-state index contributed by atoms with van der Waals surface area (Å²) in [5.74, 6) is -2.93. The lowest BCUT2D eigenvalue weighted by molar-refractivity contribution is 0.577. The molecule has 0 aliphatic heterocycles. The van der Waals surface area contributed by atoms with E-state index in [4.69, 9.17) is 11.5 Å². The summed E-state index contributed by atoms with van der Waals surface area (Å²) in [6.45, 7) is 0. The quantitative estimate of drug-likeness (QED) is 0.551. The number of nitrogen functional groups attached to an aromatic ring is 2. The Morgan fingerprint density at radius 3 is 1.80 bits per heavy atom. The van der Waals surface area contributed by atoms with Crippen molar-refractivity contribution in [1.82, 2.24) is 4.98 Å². The van der Waals surface area contributed by atoms with Gasteiger partial charge >= 0.3 is 0 Å². The molecule has 5 heteroatoms. The maximum Gasteiger partial charge on any atom is 0.176 e. The highest BCUT2D eigenvalue weighted by Crippen LogP contribution is 2.11. The van der Waals surface area contributed by atoms with E-state index in [2.05, 4.69) is 4.98 Å². The number of hydrogen-bond acceptors (Lipinski definition) is 3. The van der Waals surface area contributed by atoms with Crippen molar-refractivity contribution in [3.05, 3.63) is 17.7 Å². The van der Waals surface area contributed by atoms with Gasteiger partial charge in [-0.15, -0.1) is 0 Å². The van der Waals surface area contributed by atoms with Gasteiger partial charge in [0.1, 0.15) is 0 Å². The van der Waals surface area contributed by atoms with Crippen molar-refractivity contribution in [3.8, 4) is 0 Å². The first-order valence-corrected chi connectivity index (χ1v) is 2.40. The van der Waals surface area contributed by atoms with E-state index in [0.717, 1.165) is 0 Å². The van der Waals surface area contributed by atoms with Crippen molar-refractivity contribution >= 4 is 11.6 Å². The van der Waals surface area contributed by atoms with Crippen LogP contribution in [-0.2, 0) is 0 Å². The van der Waals surface area contributed by atoms with Gasteiger partial charge < -0.3 is 11.5 Å². The fourth-order valence-corrected chi connectivity index (χ4v) is 0.452. The summed E-state index contributed by atoms with van der Waals surface area (Å²) in [5.41, 5.74) is 9.85. The van der Waals surface area contributed by atoms with E-state index in [1.54, 1.807) is 6.07 Å². The molecule has 1 aromatic heterocycles. The first-order valence-electron chi connectivity index (χ1n) is 2.40. The summed E-state index contributed by atoms with van der Waals surface area (Å²) < 4.78 is 24.4. The lowest BCUT2D eigenvalue weighted by Crippen LogP contribution is -2.02. The molecule has 0 saturated heterocycles. The second-order valence-corrected chi connectivity index (χ2v) is 1.64. The van der Waals surface area contributed by atoms with Crippen molar-refractivity contribution in [3.63, 3.8) is 0 Å². The number of anilines is 2. The summed E-state index contributed by atoms with van der Waals surface area (Å²) in [4.78, 5) is 3.15. The molecular formula is C5H4F2N3. The molecule has 0 fully saturated rings. The Morgan fingerprint density at radius 2 is 1.50 bits per heavy atom. The molecule has 0 aliphatic rings. The Morgan fingerprint density at radius 1 is 1.10 bits per heavy atom. The number of hydrogen-bond donors (Lipinski definition) is 2. The van der Waals surface area contributed by atoms with E-state index in [0.29, 0.717) is 0 Å². The largest absolute Gasteiger partial charge is 0.381 e. The van der Waals surface area contributed by atoms with Crippen LogP contribution >= 0.6 is 0 Å². The van der Waals surface area contributed by atoms with Crippen LogP contribution < -0.4 is 11.5 Å². The number of nitrogens with zero attached hydrogens (tertiary/aromatic N) is 1. The van der Waals surface area contributed by atoms with Crippen LogP contribution in [0.4, 0.5) is 20.4 Å². The molecule has 1 radical (unpaired) electrons. The molecule has 0 spiro atoms. The fraction of sp³-hybridized carbons (Fsp3) is 0. The van der Waals surface area contributed by atoms with E-state index in [1.807, 2.05) is 0 Å². The van der Waals surface area contributed by atoms with Crippen molar-refractivity contribution in [2.75, 3.05) is 11.5 Å². The molecule has 1 rings (SSSR count). The zero-order valence-corrected chi connectivity index (χ0v) is 4.86. The molecule has 1 heterocycles. The highest BCUT2D eigenvalue weighted by Gasteiger charge is 2.05. The lowest BCUT2D eigenvalue weighted by atomic mass is 10.4. The van der Waals surface area contributed by atoms with Crippen LogP contribution in [0, 0.1) is 17.7 Å².